The molecular formula is C18H34N2O2. The molecule has 0 radical (unpaired) electrons. The van der Waals surface area contributed by atoms with Gasteiger partial charge in [0, 0.05) is 25.7 Å². The van der Waals surface area contributed by atoms with E-state index in [0.29, 0.717) is 13.1 Å². The second kappa shape index (κ2) is 13.6. The average molecular weight is 310 g/mol. The molecule has 0 spiro atoms. The first-order chi connectivity index (χ1) is 10.8. The summed E-state index contributed by atoms with van der Waals surface area (Å²) in [5.74, 6) is 0. The van der Waals surface area contributed by atoms with Gasteiger partial charge in [-0.25, -0.2) is 9.48 Å². The molecule has 128 valence electrons. The van der Waals surface area contributed by atoms with Gasteiger partial charge in [-0.2, -0.15) is 0 Å². The van der Waals surface area contributed by atoms with Gasteiger partial charge in [-0.05, 0) is 25.7 Å². The van der Waals surface area contributed by atoms with Gasteiger partial charge in [0.1, 0.15) is 0 Å². The van der Waals surface area contributed by atoms with Crippen LogP contribution in [0.15, 0.2) is 0 Å². The van der Waals surface area contributed by atoms with Gasteiger partial charge < -0.3 is 10.4 Å². The first-order valence-corrected chi connectivity index (χ1v) is 9.33. The van der Waals surface area contributed by atoms with Crippen molar-refractivity contribution in [1.29, 1.82) is 0 Å². The minimum absolute atomic E-state index is 0.652. The van der Waals surface area contributed by atoms with E-state index in [-0.39, 0.29) is 0 Å². The van der Waals surface area contributed by atoms with Crippen LogP contribution in [0.1, 0.15) is 89.9 Å². The highest BCUT2D eigenvalue weighted by Gasteiger charge is 1.99. The summed E-state index contributed by atoms with van der Waals surface area (Å²) >= 11 is 0. The molecule has 0 atom stereocenters. The Morgan fingerprint density at radius 2 is 0.773 bits per heavy atom. The summed E-state index contributed by atoms with van der Waals surface area (Å²) < 4.78 is 2.27. The molecule has 22 heavy (non-hydrogen) atoms. The summed E-state index contributed by atoms with van der Waals surface area (Å²) in [7, 11) is 0. The fourth-order valence-corrected chi connectivity index (χ4v) is 2.89. The highest BCUT2D eigenvalue weighted by atomic mass is 16.5. The van der Waals surface area contributed by atoms with Crippen LogP contribution in [0.3, 0.4) is 0 Å². The minimum Gasteiger partial charge on any atom is -0.624 e. The molecule has 0 N–H and O–H groups in total. The van der Waals surface area contributed by atoms with E-state index in [1.54, 1.807) is 0 Å². The summed E-state index contributed by atoms with van der Waals surface area (Å²) in [6, 6.07) is 0. The summed E-state index contributed by atoms with van der Waals surface area (Å²) in [4.78, 5) is 0. The Hall–Kier alpha value is -1.06. The molecule has 0 aromatic rings. The van der Waals surface area contributed by atoms with Crippen molar-refractivity contribution in [3.63, 3.8) is 0 Å². The fraction of sp³-hybridized carbons (Fsp3) is 0.889. The van der Waals surface area contributed by atoms with E-state index in [0.717, 1.165) is 60.8 Å². The molecule has 4 heteroatoms. The van der Waals surface area contributed by atoms with Crippen molar-refractivity contribution < 1.29 is 9.48 Å². The molecule has 0 saturated carbocycles. The second-order valence-corrected chi connectivity index (χ2v) is 6.47. The molecule has 1 rings (SSSR count). The van der Waals surface area contributed by atoms with Crippen molar-refractivity contribution in [2.24, 2.45) is 0 Å². The molecule has 0 aromatic carbocycles. The van der Waals surface area contributed by atoms with E-state index in [9.17, 15) is 10.4 Å². The second-order valence-electron chi connectivity index (χ2n) is 6.47. The Balaban J connectivity index is 2.26. The van der Waals surface area contributed by atoms with Crippen LogP contribution in [0.4, 0.5) is 0 Å². The van der Waals surface area contributed by atoms with E-state index in [4.69, 9.17) is 0 Å². The molecule has 0 saturated heterocycles. The number of hydroxylamine groups is 2. The average Bonchev–Trinajstić information content (AvgIpc) is 2.50. The highest BCUT2D eigenvalue weighted by molar-refractivity contribution is 5.51. The lowest BCUT2D eigenvalue weighted by atomic mass is 10.1. The molecule has 1 heterocycles. The van der Waals surface area contributed by atoms with Gasteiger partial charge in [0.05, 0.1) is 0 Å². The third kappa shape index (κ3) is 11.6. The van der Waals surface area contributed by atoms with Gasteiger partial charge in [-0.3, -0.25) is 0 Å². The van der Waals surface area contributed by atoms with Gasteiger partial charge in [-0.1, -0.05) is 38.5 Å². The van der Waals surface area contributed by atoms with Crippen LogP contribution in [-0.2, 0) is 0 Å². The van der Waals surface area contributed by atoms with Crippen molar-refractivity contribution in [2.75, 3.05) is 13.1 Å². The summed E-state index contributed by atoms with van der Waals surface area (Å²) in [6.45, 7) is 1.30. The first kappa shape index (κ1) is 19.0. The Labute approximate surface area is 136 Å². The van der Waals surface area contributed by atoms with E-state index in [1.165, 1.54) is 38.5 Å². The maximum absolute atomic E-state index is 11.6. The minimum atomic E-state index is 0.652. The maximum atomic E-state index is 11.6. The molecule has 0 aromatic heterocycles. The predicted molar refractivity (Wildman–Crippen MR) is 93.8 cm³/mol. The molecular weight excluding hydrogens is 276 g/mol. The van der Waals surface area contributed by atoms with Gasteiger partial charge in [0.25, 0.3) is 0 Å². The van der Waals surface area contributed by atoms with Gasteiger partial charge >= 0.3 is 0 Å². The van der Waals surface area contributed by atoms with Crippen LogP contribution >= 0.6 is 0 Å². The molecule has 0 unspecified atom stereocenters. The molecule has 0 aliphatic carbocycles. The number of hydrogen-bond acceptors (Lipinski definition) is 2. The molecule has 1 aliphatic heterocycles. The quantitative estimate of drug-likeness (QED) is 0.484. The normalized spacial score (nSPS) is 27.1. The van der Waals surface area contributed by atoms with Crippen LogP contribution in [0.5, 0.6) is 0 Å². The molecule has 0 bridgehead atoms. The number of hydrogen-bond donors (Lipinski definition) is 0. The van der Waals surface area contributed by atoms with Crippen molar-refractivity contribution in [3.8, 4) is 0 Å². The zero-order valence-electron chi connectivity index (χ0n) is 14.2. The zero-order valence-corrected chi connectivity index (χ0v) is 14.2. The number of rotatable bonds is 0. The lowest BCUT2D eigenvalue weighted by Gasteiger charge is -2.06. The fourth-order valence-electron chi connectivity index (χ4n) is 2.89. The molecule has 0 amide bonds. The lowest BCUT2D eigenvalue weighted by Crippen LogP contribution is -2.07. The van der Waals surface area contributed by atoms with Crippen LogP contribution in [0.25, 0.3) is 0 Å². The smallest absolute Gasteiger partial charge is 0.153 e. The summed E-state index contributed by atoms with van der Waals surface area (Å²) in [6.07, 6.45) is 19.2. The van der Waals surface area contributed by atoms with Gasteiger partial charge in [0.15, 0.2) is 25.5 Å². The predicted octanol–water partition coefficient (Wildman–Crippen LogP) is 4.62. The third-order valence-electron chi connectivity index (χ3n) is 4.33. The largest absolute Gasteiger partial charge is 0.624 e. The van der Waals surface area contributed by atoms with Crippen LogP contribution in [0.2, 0.25) is 0 Å². The van der Waals surface area contributed by atoms with Crippen LogP contribution in [-0.4, -0.2) is 35.0 Å². The van der Waals surface area contributed by atoms with Crippen molar-refractivity contribution in [3.05, 3.63) is 10.4 Å². The summed E-state index contributed by atoms with van der Waals surface area (Å²) in [5, 5.41) is 23.2. The first-order valence-electron chi connectivity index (χ1n) is 9.33. The third-order valence-corrected chi connectivity index (χ3v) is 4.33. The van der Waals surface area contributed by atoms with E-state index in [1.807, 2.05) is 12.4 Å². The Kier molecular flexibility index (Phi) is 11.7. The van der Waals surface area contributed by atoms with Gasteiger partial charge in [-0.15, -0.1) is 0 Å². The lowest BCUT2D eigenvalue weighted by molar-refractivity contribution is -0.454. The SMILES string of the molecule is [O-]/[N+]1=C\CCCCCCCC/[N+]([O-])=C/CCCCCCCC1. The Morgan fingerprint density at radius 3 is 1.18 bits per heavy atom. The zero-order chi connectivity index (χ0) is 15.9. The van der Waals surface area contributed by atoms with E-state index >= 15 is 0 Å². The maximum Gasteiger partial charge on any atom is 0.153 e. The monoisotopic (exact) mass is 310 g/mol. The topological polar surface area (TPSA) is 52.1 Å². The highest BCUT2D eigenvalue weighted by Crippen LogP contribution is 2.08. The van der Waals surface area contributed by atoms with Crippen LogP contribution < -0.4 is 0 Å². The summed E-state index contributed by atoms with van der Waals surface area (Å²) in [5.41, 5.74) is 0. The molecule has 0 fully saturated rings. The van der Waals surface area contributed by atoms with Gasteiger partial charge in [0.2, 0.25) is 0 Å². The Morgan fingerprint density at radius 1 is 0.455 bits per heavy atom. The van der Waals surface area contributed by atoms with Crippen molar-refractivity contribution in [1.82, 2.24) is 0 Å². The number of nitrogens with zero attached hydrogens (tertiary/aromatic N) is 2. The Bertz CT molecular complexity index is 295. The van der Waals surface area contributed by atoms with Crippen molar-refractivity contribution >= 4 is 12.4 Å². The molecule has 4 nitrogen and oxygen atoms in total. The molecule has 1 aliphatic rings. The standard InChI is InChI=1S/C18H34N2O2/c21-19-15-11-7-3-1-4-8-12-16-20(22)18-14-10-6-2-5-9-13-17-19/h15,18H,1-14,16-17H2/b19-15-,20-18-. The van der Waals surface area contributed by atoms with E-state index < -0.39 is 0 Å². The van der Waals surface area contributed by atoms with E-state index in [2.05, 4.69) is 0 Å². The van der Waals surface area contributed by atoms with Crippen LogP contribution in [0, 0.1) is 10.4 Å². The van der Waals surface area contributed by atoms with Crippen molar-refractivity contribution in [2.45, 2.75) is 89.9 Å².